The van der Waals surface area contributed by atoms with Crippen LogP contribution >= 0.6 is 0 Å². The zero-order valence-corrected chi connectivity index (χ0v) is 11.1. The molecular weight excluding hydrogens is 200 g/mol. The third-order valence-electron chi connectivity index (χ3n) is 4.00. The Hall–Kier alpha value is -0.120. The van der Waals surface area contributed by atoms with Gasteiger partial charge in [-0.05, 0) is 45.3 Å². The lowest BCUT2D eigenvalue weighted by Crippen LogP contribution is -2.55. The predicted molar refractivity (Wildman–Crippen MR) is 68.7 cm³/mol. The van der Waals surface area contributed by atoms with E-state index in [9.17, 15) is 5.11 Å². The van der Waals surface area contributed by atoms with Gasteiger partial charge in [-0.3, -0.25) is 0 Å². The molecule has 1 fully saturated rings. The van der Waals surface area contributed by atoms with E-state index in [4.69, 9.17) is 0 Å². The largest absolute Gasteiger partial charge is 0.394 e. The Morgan fingerprint density at radius 1 is 1.31 bits per heavy atom. The Labute approximate surface area is 100 Å². The van der Waals surface area contributed by atoms with Gasteiger partial charge < -0.3 is 15.3 Å². The van der Waals surface area contributed by atoms with Crippen molar-refractivity contribution in [3.8, 4) is 0 Å². The van der Waals surface area contributed by atoms with Gasteiger partial charge in [0.1, 0.15) is 0 Å². The van der Waals surface area contributed by atoms with E-state index in [2.05, 4.69) is 31.0 Å². The van der Waals surface area contributed by atoms with Gasteiger partial charge in [0.25, 0.3) is 0 Å². The van der Waals surface area contributed by atoms with Crippen molar-refractivity contribution >= 4 is 0 Å². The molecule has 16 heavy (non-hydrogen) atoms. The predicted octanol–water partition coefficient (Wildman–Crippen LogP) is 1.61. The number of likely N-dealkylation sites (N-methyl/N-ethyl adjacent to an activating group) is 1. The molecule has 0 amide bonds. The lowest BCUT2D eigenvalue weighted by molar-refractivity contribution is 0.0646. The first kappa shape index (κ1) is 13.9. The first-order valence-electron chi connectivity index (χ1n) is 6.81. The monoisotopic (exact) mass is 228 g/mol. The van der Waals surface area contributed by atoms with Crippen LogP contribution in [-0.4, -0.2) is 47.8 Å². The zero-order chi connectivity index (χ0) is 12.0. The SMILES string of the molecule is CCNC1(CO)CCCC(N(CC)CC)C1. The van der Waals surface area contributed by atoms with Crippen molar-refractivity contribution in [1.82, 2.24) is 10.2 Å². The molecule has 96 valence electrons. The summed E-state index contributed by atoms with van der Waals surface area (Å²) in [7, 11) is 0. The van der Waals surface area contributed by atoms with Crippen LogP contribution in [0.1, 0.15) is 46.5 Å². The number of aliphatic hydroxyl groups excluding tert-OH is 1. The van der Waals surface area contributed by atoms with Gasteiger partial charge in [0, 0.05) is 11.6 Å². The van der Waals surface area contributed by atoms with Crippen LogP contribution in [0.15, 0.2) is 0 Å². The summed E-state index contributed by atoms with van der Waals surface area (Å²) in [5, 5.41) is 13.1. The molecule has 3 nitrogen and oxygen atoms in total. The highest BCUT2D eigenvalue weighted by molar-refractivity contribution is 4.95. The van der Waals surface area contributed by atoms with Gasteiger partial charge in [-0.15, -0.1) is 0 Å². The van der Waals surface area contributed by atoms with Crippen molar-refractivity contribution in [2.24, 2.45) is 0 Å². The Bertz CT molecular complexity index is 190. The molecular formula is C13H28N2O. The molecule has 1 saturated carbocycles. The molecule has 2 atom stereocenters. The summed E-state index contributed by atoms with van der Waals surface area (Å²) >= 11 is 0. The van der Waals surface area contributed by atoms with Crippen LogP contribution in [0, 0.1) is 0 Å². The molecule has 0 aliphatic heterocycles. The summed E-state index contributed by atoms with van der Waals surface area (Å²) < 4.78 is 0. The second-order valence-corrected chi connectivity index (χ2v) is 4.94. The van der Waals surface area contributed by atoms with Crippen LogP contribution < -0.4 is 5.32 Å². The van der Waals surface area contributed by atoms with Crippen LogP contribution in [-0.2, 0) is 0 Å². The number of rotatable bonds is 6. The second-order valence-electron chi connectivity index (χ2n) is 4.94. The van der Waals surface area contributed by atoms with E-state index in [0.717, 1.165) is 32.5 Å². The minimum absolute atomic E-state index is 0.0136. The maximum absolute atomic E-state index is 9.64. The van der Waals surface area contributed by atoms with Gasteiger partial charge in [-0.25, -0.2) is 0 Å². The van der Waals surface area contributed by atoms with E-state index in [1.165, 1.54) is 12.8 Å². The molecule has 0 spiro atoms. The van der Waals surface area contributed by atoms with E-state index in [1.54, 1.807) is 0 Å². The molecule has 3 heteroatoms. The third-order valence-corrected chi connectivity index (χ3v) is 4.00. The highest BCUT2D eigenvalue weighted by atomic mass is 16.3. The van der Waals surface area contributed by atoms with Crippen molar-refractivity contribution in [3.05, 3.63) is 0 Å². The molecule has 0 heterocycles. The molecule has 0 bridgehead atoms. The van der Waals surface area contributed by atoms with E-state index >= 15 is 0 Å². The van der Waals surface area contributed by atoms with Crippen molar-refractivity contribution in [3.63, 3.8) is 0 Å². The minimum Gasteiger partial charge on any atom is -0.394 e. The van der Waals surface area contributed by atoms with Crippen molar-refractivity contribution in [1.29, 1.82) is 0 Å². The smallest absolute Gasteiger partial charge is 0.0613 e. The van der Waals surface area contributed by atoms with Crippen LogP contribution in [0.3, 0.4) is 0 Å². The van der Waals surface area contributed by atoms with Gasteiger partial charge in [0.05, 0.1) is 6.61 Å². The van der Waals surface area contributed by atoms with Gasteiger partial charge in [-0.1, -0.05) is 20.8 Å². The fraction of sp³-hybridized carbons (Fsp3) is 1.00. The molecule has 0 saturated heterocycles. The van der Waals surface area contributed by atoms with Crippen molar-refractivity contribution in [2.45, 2.75) is 58.0 Å². The Morgan fingerprint density at radius 2 is 2.00 bits per heavy atom. The Kier molecular flexibility index (Phi) is 5.73. The number of hydrogen-bond acceptors (Lipinski definition) is 3. The summed E-state index contributed by atoms with van der Waals surface area (Å²) in [4.78, 5) is 2.53. The maximum Gasteiger partial charge on any atom is 0.0613 e. The van der Waals surface area contributed by atoms with E-state index in [1.807, 2.05) is 0 Å². The van der Waals surface area contributed by atoms with Crippen molar-refractivity contribution < 1.29 is 5.11 Å². The molecule has 2 unspecified atom stereocenters. The molecule has 0 aromatic rings. The van der Waals surface area contributed by atoms with E-state index < -0.39 is 0 Å². The molecule has 1 rings (SSSR count). The zero-order valence-electron chi connectivity index (χ0n) is 11.1. The average molecular weight is 228 g/mol. The van der Waals surface area contributed by atoms with E-state index in [0.29, 0.717) is 6.04 Å². The number of nitrogens with one attached hydrogen (secondary N) is 1. The normalized spacial score (nSPS) is 30.9. The highest BCUT2D eigenvalue weighted by Gasteiger charge is 2.36. The molecule has 0 radical (unpaired) electrons. The van der Waals surface area contributed by atoms with Gasteiger partial charge >= 0.3 is 0 Å². The summed E-state index contributed by atoms with van der Waals surface area (Å²) in [6.07, 6.45) is 4.73. The molecule has 0 aromatic heterocycles. The third kappa shape index (κ3) is 3.19. The topological polar surface area (TPSA) is 35.5 Å². The van der Waals surface area contributed by atoms with Crippen LogP contribution in [0.5, 0.6) is 0 Å². The van der Waals surface area contributed by atoms with Gasteiger partial charge in [0.15, 0.2) is 0 Å². The average Bonchev–Trinajstić information content (AvgIpc) is 2.31. The lowest BCUT2D eigenvalue weighted by Gasteiger charge is -2.44. The minimum atomic E-state index is -0.0136. The first-order valence-corrected chi connectivity index (χ1v) is 6.81. The van der Waals surface area contributed by atoms with Crippen molar-refractivity contribution in [2.75, 3.05) is 26.2 Å². The van der Waals surface area contributed by atoms with Crippen LogP contribution in [0.2, 0.25) is 0 Å². The lowest BCUT2D eigenvalue weighted by atomic mass is 9.78. The van der Waals surface area contributed by atoms with Crippen LogP contribution in [0.25, 0.3) is 0 Å². The molecule has 0 aromatic carbocycles. The molecule has 2 N–H and O–H groups in total. The molecule has 1 aliphatic carbocycles. The second kappa shape index (κ2) is 6.58. The highest BCUT2D eigenvalue weighted by Crippen LogP contribution is 2.30. The Balaban J connectivity index is 2.63. The fourth-order valence-corrected chi connectivity index (χ4v) is 3.12. The summed E-state index contributed by atoms with van der Waals surface area (Å²) in [5.74, 6) is 0. The molecule has 1 aliphatic rings. The number of hydrogen-bond donors (Lipinski definition) is 2. The standard InChI is InChI=1S/C13H28N2O/c1-4-14-13(11-16)9-7-8-12(10-13)15(5-2)6-3/h12,14,16H,4-11H2,1-3H3. The number of aliphatic hydroxyl groups is 1. The maximum atomic E-state index is 9.64. The number of nitrogens with zero attached hydrogens (tertiary/aromatic N) is 1. The summed E-state index contributed by atoms with van der Waals surface area (Å²) in [6.45, 7) is 10.0. The van der Waals surface area contributed by atoms with Gasteiger partial charge in [0.2, 0.25) is 0 Å². The first-order chi connectivity index (χ1) is 7.71. The summed E-state index contributed by atoms with van der Waals surface area (Å²) in [6, 6.07) is 0.648. The van der Waals surface area contributed by atoms with E-state index in [-0.39, 0.29) is 12.1 Å². The quantitative estimate of drug-likeness (QED) is 0.725. The fourth-order valence-electron chi connectivity index (χ4n) is 3.12. The van der Waals surface area contributed by atoms with Crippen LogP contribution in [0.4, 0.5) is 0 Å². The Morgan fingerprint density at radius 3 is 2.50 bits per heavy atom. The van der Waals surface area contributed by atoms with Gasteiger partial charge in [-0.2, -0.15) is 0 Å². The summed E-state index contributed by atoms with van der Waals surface area (Å²) in [5.41, 5.74) is -0.0136.